The molecule has 6 nitrogen and oxygen atoms in total. The van der Waals surface area contributed by atoms with Crippen molar-refractivity contribution < 1.29 is 10.2 Å². The summed E-state index contributed by atoms with van der Waals surface area (Å²) in [4.78, 5) is 24.4. The largest absolute Gasteiger partial charge is 0.393 e. The van der Waals surface area contributed by atoms with Crippen LogP contribution >= 0.6 is 0 Å². The zero-order valence-corrected chi connectivity index (χ0v) is 7.94. The Labute approximate surface area is 79.5 Å². The van der Waals surface area contributed by atoms with E-state index in [1.165, 1.54) is 14.0 Å². The third-order valence-corrected chi connectivity index (χ3v) is 2.10. The van der Waals surface area contributed by atoms with Crippen molar-refractivity contribution in [2.75, 3.05) is 6.61 Å². The molecule has 0 aromatic carbocycles. The van der Waals surface area contributed by atoms with E-state index in [-0.39, 0.29) is 11.3 Å². The molecule has 0 spiro atoms. The van der Waals surface area contributed by atoms with Gasteiger partial charge >= 0.3 is 5.69 Å². The number of nitrogens with one attached hydrogen (secondary N) is 1. The van der Waals surface area contributed by atoms with Crippen molar-refractivity contribution in [3.05, 3.63) is 32.1 Å². The van der Waals surface area contributed by atoms with Gasteiger partial charge in [-0.15, -0.1) is 0 Å². The molecule has 1 unspecified atom stereocenters. The van der Waals surface area contributed by atoms with Crippen LogP contribution in [0.25, 0.3) is 0 Å². The van der Waals surface area contributed by atoms with Crippen LogP contribution < -0.4 is 11.2 Å². The average Bonchev–Trinajstić information content (AvgIpc) is 2.15. The highest BCUT2D eigenvalue weighted by atomic mass is 16.3. The van der Waals surface area contributed by atoms with Crippen molar-refractivity contribution in [3.8, 4) is 0 Å². The molecule has 1 aromatic rings. The van der Waals surface area contributed by atoms with Gasteiger partial charge in [0.25, 0.3) is 5.56 Å². The Morgan fingerprint density at radius 2 is 2.07 bits per heavy atom. The van der Waals surface area contributed by atoms with E-state index in [2.05, 4.69) is 4.98 Å². The molecule has 1 rings (SSSR count). The van der Waals surface area contributed by atoms with E-state index >= 15 is 0 Å². The number of hydrogen-bond donors (Lipinski definition) is 3. The molecule has 6 heteroatoms. The molecule has 0 fully saturated rings. The van der Waals surface area contributed by atoms with Gasteiger partial charge in [-0.05, 0) is 6.92 Å². The van der Waals surface area contributed by atoms with E-state index in [1.807, 2.05) is 0 Å². The Hall–Kier alpha value is -1.40. The van der Waals surface area contributed by atoms with Gasteiger partial charge in [-0.25, -0.2) is 4.79 Å². The zero-order valence-electron chi connectivity index (χ0n) is 7.94. The minimum Gasteiger partial charge on any atom is -0.393 e. The van der Waals surface area contributed by atoms with Crippen LogP contribution in [0.4, 0.5) is 0 Å². The van der Waals surface area contributed by atoms with Crippen LogP contribution in [-0.2, 0) is 7.05 Å². The van der Waals surface area contributed by atoms with Crippen molar-refractivity contribution in [2.45, 2.75) is 13.0 Å². The van der Waals surface area contributed by atoms with Crippen LogP contribution in [-0.4, -0.2) is 26.4 Å². The molecule has 0 aliphatic rings. The summed E-state index contributed by atoms with van der Waals surface area (Å²) in [5.74, 6) is 0. The van der Waals surface area contributed by atoms with Crippen molar-refractivity contribution >= 4 is 0 Å². The van der Waals surface area contributed by atoms with Crippen LogP contribution in [0.1, 0.15) is 17.4 Å². The summed E-state index contributed by atoms with van der Waals surface area (Å²) in [5, 5.41) is 18.1. The summed E-state index contributed by atoms with van der Waals surface area (Å²) in [6.45, 7) is 0.948. The maximum Gasteiger partial charge on any atom is 0.328 e. The fourth-order valence-corrected chi connectivity index (χ4v) is 1.31. The summed E-state index contributed by atoms with van der Waals surface area (Å²) in [5.41, 5.74) is -0.784. The molecule has 0 saturated carbocycles. The molecule has 0 aliphatic heterocycles. The van der Waals surface area contributed by atoms with Gasteiger partial charge in [0.15, 0.2) is 0 Å². The molecule has 1 atom stereocenters. The summed E-state index contributed by atoms with van der Waals surface area (Å²) < 4.78 is 1.11. The number of hydrogen-bond acceptors (Lipinski definition) is 4. The van der Waals surface area contributed by atoms with Crippen LogP contribution in [0.15, 0.2) is 9.59 Å². The first-order valence-electron chi connectivity index (χ1n) is 4.07. The maximum absolute atomic E-state index is 11.2. The maximum atomic E-state index is 11.2. The lowest BCUT2D eigenvalue weighted by atomic mass is 10.1. The third-order valence-electron chi connectivity index (χ3n) is 2.10. The van der Waals surface area contributed by atoms with Crippen molar-refractivity contribution in [3.63, 3.8) is 0 Å². The summed E-state index contributed by atoms with van der Waals surface area (Å²) in [6, 6.07) is 0. The van der Waals surface area contributed by atoms with Crippen LogP contribution in [0.5, 0.6) is 0 Å². The highest BCUT2D eigenvalue weighted by Crippen LogP contribution is 2.10. The molecule has 0 saturated heterocycles. The van der Waals surface area contributed by atoms with Crippen molar-refractivity contribution in [1.82, 2.24) is 9.55 Å². The van der Waals surface area contributed by atoms with E-state index in [9.17, 15) is 14.7 Å². The smallest absolute Gasteiger partial charge is 0.328 e. The molecule has 0 aliphatic carbocycles. The monoisotopic (exact) mass is 200 g/mol. The Kier molecular flexibility index (Phi) is 2.87. The molecule has 1 aromatic heterocycles. The third kappa shape index (κ3) is 1.61. The molecule has 14 heavy (non-hydrogen) atoms. The van der Waals surface area contributed by atoms with E-state index in [1.54, 1.807) is 0 Å². The molecule has 3 N–H and O–H groups in total. The van der Waals surface area contributed by atoms with Gasteiger partial charge in [0.1, 0.15) is 6.10 Å². The summed E-state index contributed by atoms with van der Waals surface area (Å²) >= 11 is 0. The molecular weight excluding hydrogens is 188 g/mol. The van der Waals surface area contributed by atoms with E-state index < -0.39 is 24.0 Å². The van der Waals surface area contributed by atoms with Crippen molar-refractivity contribution in [2.24, 2.45) is 7.05 Å². The standard InChI is InChI=1S/C8H12N2O4/c1-4-6(5(12)3-11)10(2)8(14)9-7(4)13/h5,11-12H,3H2,1-2H3,(H,9,13,14). The molecule has 0 amide bonds. The molecule has 0 radical (unpaired) electrons. The number of aromatic amines is 1. The molecular formula is C8H12N2O4. The first kappa shape index (κ1) is 10.7. The highest BCUT2D eigenvalue weighted by Gasteiger charge is 2.15. The van der Waals surface area contributed by atoms with E-state index in [4.69, 9.17) is 5.11 Å². The van der Waals surface area contributed by atoms with Gasteiger partial charge in [-0.1, -0.05) is 0 Å². The first-order chi connectivity index (χ1) is 6.49. The number of aliphatic hydroxyl groups excluding tert-OH is 2. The predicted octanol–water partition coefficient (Wildman–Crippen LogP) is -1.59. The van der Waals surface area contributed by atoms with Gasteiger partial charge in [0.2, 0.25) is 0 Å². The number of H-pyrrole nitrogens is 1. The van der Waals surface area contributed by atoms with Gasteiger partial charge in [-0.2, -0.15) is 0 Å². The summed E-state index contributed by atoms with van der Waals surface area (Å²) in [6.07, 6.45) is -1.21. The fourth-order valence-electron chi connectivity index (χ4n) is 1.31. The first-order valence-corrected chi connectivity index (χ1v) is 4.07. The highest BCUT2D eigenvalue weighted by molar-refractivity contribution is 5.17. The molecule has 78 valence electrons. The topological polar surface area (TPSA) is 95.3 Å². The second-order valence-corrected chi connectivity index (χ2v) is 3.03. The Balaban J connectivity index is 3.55. The SMILES string of the molecule is Cc1c(C(O)CO)n(C)c(=O)[nH]c1=O. The second-order valence-electron chi connectivity index (χ2n) is 3.03. The summed E-state index contributed by atoms with van der Waals surface area (Å²) in [7, 11) is 1.42. The number of aromatic nitrogens is 2. The van der Waals surface area contributed by atoms with E-state index in [0.717, 1.165) is 4.57 Å². The van der Waals surface area contributed by atoms with Crippen LogP contribution in [0.2, 0.25) is 0 Å². The van der Waals surface area contributed by atoms with Crippen LogP contribution in [0.3, 0.4) is 0 Å². The van der Waals surface area contributed by atoms with E-state index in [0.29, 0.717) is 0 Å². The van der Waals surface area contributed by atoms with Crippen LogP contribution in [0, 0.1) is 6.92 Å². The number of rotatable bonds is 2. The zero-order chi connectivity index (χ0) is 10.9. The van der Waals surface area contributed by atoms with Gasteiger partial charge in [-0.3, -0.25) is 14.3 Å². The second kappa shape index (κ2) is 3.77. The Bertz CT molecular complexity index is 411. The quantitative estimate of drug-likeness (QED) is 0.536. The lowest BCUT2D eigenvalue weighted by Crippen LogP contribution is -2.34. The van der Waals surface area contributed by atoms with Crippen molar-refractivity contribution in [1.29, 1.82) is 0 Å². The van der Waals surface area contributed by atoms with Gasteiger partial charge < -0.3 is 10.2 Å². The lowest BCUT2D eigenvalue weighted by molar-refractivity contribution is 0.0881. The van der Waals surface area contributed by atoms with Gasteiger partial charge in [0, 0.05) is 12.6 Å². The Morgan fingerprint density at radius 1 is 1.50 bits per heavy atom. The number of aliphatic hydroxyl groups is 2. The number of nitrogens with zero attached hydrogens (tertiary/aromatic N) is 1. The minimum absolute atomic E-state index is 0.140. The fraction of sp³-hybridized carbons (Fsp3) is 0.500. The molecule has 0 bridgehead atoms. The predicted molar refractivity (Wildman–Crippen MR) is 49.1 cm³/mol. The molecule has 1 heterocycles. The average molecular weight is 200 g/mol. The normalized spacial score (nSPS) is 12.9. The van der Waals surface area contributed by atoms with Gasteiger partial charge in [0.05, 0.1) is 12.3 Å². The lowest BCUT2D eigenvalue weighted by Gasteiger charge is -2.13. The minimum atomic E-state index is -1.21. The Morgan fingerprint density at radius 3 is 2.57 bits per heavy atom.